The number of aromatic hydroxyl groups is 1. The number of rotatable bonds is 13. The van der Waals surface area contributed by atoms with Crippen molar-refractivity contribution in [3.63, 3.8) is 0 Å². The number of esters is 1. The maximum absolute atomic E-state index is 13.0. The molecular formula is C30H31N7O9. The number of ether oxygens (including phenoxy) is 1. The van der Waals surface area contributed by atoms with Crippen molar-refractivity contribution in [3.05, 3.63) is 89.2 Å². The number of azo groups is 1. The van der Waals surface area contributed by atoms with E-state index >= 15 is 0 Å². The number of aromatic nitrogens is 1. The first-order valence-electron chi connectivity index (χ1n) is 14.1. The molecule has 0 saturated carbocycles. The summed E-state index contributed by atoms with van der Waals surface area (Å²) in [6.45, 7) is 5.56. The summed E-state index contributed by atoms with van der Waals surface area (Å²) in [6.07, 6.45) is 3.67. The number of unbranched alkanes of at least 4 members (excludes halogenated alkanes) is 1. The minimum Gasteiger partial charge on any atom is -0.493 e. The summed E-state index contributed by atoms with van der Waals surface area (Å²) in [5.74, 6) is -2.10. The van der Waals surface area contributed by atoms with Gasteiger partial charge in [-0.25, -0.2) is 4.79 Å². The molecule has 2 N–H and O–H groups in total. The number of anilines is 1. The minimum absolute atomic E-state index is 0.00324. The van der Waals surface area contributed by atoms with Crippen LogP contribution in [0.5, 0.6) is 5.88 Å². The Bertz CT molecular complexity index is 1830. The Morgan fingerprint density at radius 2 is 1.74 bits per heavy atom. The first kappa shape index (κ1) is 34.5. The van der Waals surface area contributed by atoms with Crippen LogP contribution in [0.4, 0.5) is 28.4 Å². The van der Waals surface area contributed by atoms with Crippen LogP contribution in [-0.4, -0.2) is 38.0 Å². The number of carbonyl (C=O) groups excluding carboxylic acids is 2. The van der Waals surface area contributed by atoms with Crippen LogP contribution in [0.25, 0.3) is 0 Å². The van der Waals surface area contributed by atoms with Gasteiger partial charge in [0.15, 0.2) is 11.4 Å². The minimum atomic E-state index is -0.936. The first-order valence-corrected chi connectivity index (χ1v) is 14.1. The number of nitrogens with zero attached hydrogens (tertiary/aromatic N) is 6. The molecule has 0 spiro atoms. The normalized spacial score (nSPS) is 11.5. The van der Waals surface area contributed by atoms with Crippen LogP contribution in [-0.2, 0) is 11.8 Å². The molecule has 16 heteroatoms. The van der Waals surface area contributed by atoms with Crippen LogP contribution in [0.1, 0.15) is 71.4 Å². The van der Waals surface area contributed by atoms with E-state index < -0.39 is 44.5 Å². The van der Waals surface area contributed by atoms with Crippen LogP contribution >= 0.6 is 0 Å². The molecule has 240 valence electrons. The van der Waals surface area contributed by atoms with Crippen molar-refractivity contribution in [2.24, 2.45) is 23.2 Å². The van der Waals surface area contributed by atoms with Crippen molar-refractivity contribution in [3.8, 4) is 11.9 Å². The molecule has 3 aromatic rings. The van der Waals surface area contributed by atoms with Crippen LogP contribution in [0, 0.1) is 44.4 Å². The van der Waals surface area contributed by atoms with Crippen molar-refractivity contribution in [1.29, 1.82) is 5.26 Å². The lowest BCUT2D eigenvalue weighted by atomic mass is 10.0. The molecule has 3 rings (SSSR count). The number of nitro benzene ring substituents is 2. The van der Waals surface area contributed by atoms with E-state index in [9.17, 15) is 45.0 Å². The summed E-state index contributed by atoms with van der Waals surface area (Å²) in [6, 6.07) is 8.25. The second kappa shape index (κ2) is 15.1. The topological polar surface area (TPSA) is 232 Å². The van der Waals surface area contributed by atoms with Gasteiger partial charge in [0.05, 0.1) is 22.0 Å². The van der Waals surface area contributed by atoms with Gasteiger partial charge in [0.2, 0.25) is 5.88 Å². The molecule has 0 radical (unpaired) electrons. The van der Waals surface area contributed by atoms with E-state index in [0.29, 0.717) is 0 Å². The molecule has 0 aliphatic heterocycles. The lowest BCUT2D eigenvalue weighted by Gasteiger charge is -2.14. The highest BCUT2D eigenvalue weighted by atomic mass is 16.6. The molecule has 0 saturated heterocycles. The number of hydrogen-bond acceptors (Lipinski definition) is 12. The second-order valence-electron chi connectivity index (χ2n) is 10.3. The Hall–Kier alpha value is -5.98. The van der Waals surface area contributed by atoms with E-state index in [2.05, 4.69) is 22.5 Å². The number of carbonyl (C=O) groups is 2. The Morgan fingerprint density at radius 3 is 2.35 bits per heavy atom. The van der Waals surface area contributed by atoms with Gasteiger partial charge >= 0.3 is 5.97 Å². The molecule has 0 aliphatic carbocycles. The van der Waals surface area contributed by atoms with Crippen LogP contribution < -0.4 is 10.9 Å². The van der Waals surface area contributed by atoms with E-state index in [1.165, 1.54) is 20.0 Å². The van der Waals surface area contributed by atoms with Gasteiger partial charge in [-0.2, -0.15) is 5.26 Å². The maximum Gasteiger partial charge on any atom is 0.338 e. The zero-order valence-corrected chi connectivity index (χ0v) is 25.5. The fraction of sp³-hybridized carbons (Fsp3) is 0.333. The van der Waals surface area contributed by atoms with Crippen molar-refractivity contribution in [2.45, 2.75) is 46.5 Å². The Kier molecular flexibility index (Phi) is 11.4. The standard InChI is InChI=1S/C30H31N7O9/c1-5-7-8-18(6-2)16-46-30(41)20-10-11-22(24(14-20)36(42)43)32-27(38)19-9-12-23(25(13-19)37(44)45)33-34-26-17(3)21(15-31)28(39)35(4)29(26)40/h9-14,18,39H,5-8,16H2,1-4H3,(H,32,38). The smallest absolute Gasteiger partial charge is 0.338 e. The monoisotopic (exact) mass is 633 g/mol. The summed E-state index contributed by atoms with van der Waals surface area (Å²) < 4.78 is 6.13. The van der Waals surface area contributed by atoms with Crippen molar-refractivity contribution in [2.75, 3.05) is 11.9 Å². The van der Waals surface area contributed by atoms with E-state index in [4.69, 9.17) is 4.74 Å². The van der Waals surface area contributed by atoms with Gasteiger partial charge in [0.1, 0.15) is 17.3 Å². The number of pyridine rings is 1. The molecule has 1 heterocycles. The maximum atomic E-state index is 13.0. The van der Waals surface area contributed by atoms with E-state index in [1.54, 1.807) is 6.07 Å². The molecule has 0 aliphatic rings. The summed E-state index contributed by atoms with van der Waals surface area (Å²) in [5, 5.41) is 52.8. The molecule has 1 atom stereocenters. The fourth-order valence-corrected chi connectivity index (χ4v) is 4.41. The number of benzene rings is 2. The molecule has 1 unspecified atom stereocenters. The van der Waals surface area contributed by atoms with E-state index in [-0.39, 0.29) is 51.8 Å². The number of hydrogen-bond donors (Lipinski definition) is 2. The van der Waals surface area contributed by atoms with E-state index in [1.807, 2.05) is 6.92 Å². The van der Waals surface area contributed by atoms with Crippen LogP contribution in [0.2, 0.25) is 0 Å². The van der Waals surface area contributed by atoms with Gasteiger partial charge in [-0.1, -0.05) is 33.1 Å². The third kappa shape index (κ3) is 7.75. The van der Waals surface area contributed by atoms with Crippen molar-refractivity contribution < 1.29 is 29.3 Å². The Labute approximate surface area is 262 Å². The van der Waals surface area contributed by atoms with Crippen molar-refractivity contribution >= 4 is 40.3 Å². The summed E-state index contributed by atoms with van der Waals surface area (Å²) in [4.78, 5) is 60.1. The highest BCUT2D eigenvalue weighted by Crippen LogP contribution is 2.33. The molecule has 0 fully saturated rings. The van der Waals surface area contributed by atoms with Crippen molar-refractivity contribution in [1.82, 2.24) is 4.57 Å². The largest absolute Gasteiger partial charge is 0.493 e. The number of amides is 1. The summed E-state index contributed by atoms with van der Waals surface area (Å²) >= 11 is 0. The SMILES string of the molecule is CCCCC(CC)COC(=O)c1ccc(NC(=O)c2ccc(N=Nc3c(C)c(C#N)c(O)n(C)c3=O)c([N+](=O)[O-])c2)c([N+](=O)[O-])c1. The predicted molar refractivity (Wildman–Crippen MR) is 165 cm³/mol. The lowest BCUT2D eigenvalue weighted by Crippen LogP contribution is -2.18. The first-order chi connectivity index (χ1) is 21.8. The van der Waals surface area contributed by atoms with Gasteiger partial charge in [-0.3, -0.25) is 34.4 Å². The zero-order chi connectivity index (χ0) is 34.1. The van der Waals surface area contributed by atoms with Gasteiger partial charge in [-0.15, -0.1) is 10.2 Å². The third-order valence-electron chi connectivity index (χ3n) is 7.25. The summed E-state index contributed by atoms with van der Waals surface area (Å²) in [5.41, 5.74) is -3.60. The Morgan fingerprint density at radius 1 is 1.09 bits per heavy atom. The zero-order valence-electron chi connectivity index (χ0n) is 25.5. The van der Waals surface area contributed by atoms with Gasteiger partial charge in [0.25, 0.3) is 22.8 Å². The highest BCUT2D eigenvalue weighted by Gasteiger charge is 2.24. The van der Waals surface area contributed by atoms with Gasteiger partial charge in [0, 0.05) is 30.3 Å². The Balaban J connectivity index is 1.87. The lowest BCUT2D eigenvalue weighted by molar-refractivity contribution is -0.384. The summed E-state index contributed by atoms with van der Waals surface area (Å²) in [7, 11) is 1.20. The second-order valence-corrected chi connectivity index (χ2v) is 10.3. The predicted octanol–water partition coefficient (Wildman–Crippen LogP) is 6.13. The molecule has 1 amide bonds. The quantitative estimate of drug-likeness (QED) is 0.0945. The molecule has 2 aromatic carbocycles. The van der Waals surface area contributed by atoms with Gasteiger partial charge < -0.3 is 15.2 Å². The number of nitro groups is 2. The third-order valence-corrected chi connectivity index (χ3v) is 7.25. The molecule has 16 nitrogen and oxygen atoms in total. The molecule has 46 heavy (non-hydrogen) atoms. The van der Waals surface area contributed by atoms with Crippen LogP contribution in [0.15, 0.2) is 51.4 Å². The highest BCUT2D eigenvalue weighted by molar-refractivity contribution is 6.06. The molecule has 0 bridgehead atoms. The number of nitriles is 1. The van der Waals surface area contributed by atoms with Gasteiger partial charge in [-0.05, 0) is 43.5 Å². The molecule has 1 aromatic heterocycles. The van der Waals surface area contributed by atoms with E-state index in [0.717, 1.165) is 60.6 Å². The molecular weight excluding hydrogens is 602 g/mol. The average Bonchev–Trinajstić information content (AvgIpc) is 3.03. The number of nitrogens with one attached hydrogen (secondary N) is 1. The average molecular weight is 634 g/mol. The fourth-order valence-electron chi connectivity index (χ4n) is 4.41. The van der Waals surface area contributed by atoms with Crippen LogP contribution in [0.3, 0.4) is 0 Å².